The van der Waals surface area contributed by atoms with Gasteiger partial charge in [-0.2, -0.15) is 5.10 Å². The van der Waals surface area contributed by atoms with E-state index in [4.69, 9.17) is 4.74 Å². The summed E-state index contributed by atoms with van der Waals surface area (Å²) in [6.45, 7) is 0.720. The predicted octanol–water partition coefficient (Wildman–Crippen LogP) is 2.03. The lowest BCUT2D eigenvalue weighted by molar-refractivity contribution is 0.163. The minimum atomic E-state index is -0.167. The third kappa shape index (κ3) is 2.97. The molecule has 0 saturated carbocycles. The van der Waals surface area contributed by atoms with Crippen molar-refractivity contribution in [2.75, 3.05) is 19.0 Å². The third-order valence-corrected chi connectivity index (χ3v) is 4.26. The van der Waals surface area contributed by atoms with Gasteiger partial charge in [0.25, 0.3) is 5.19 Å². The molecule has 0 bridgehead atoms. The average molecular weight is 308 g/mol. The number of anilines is 1. The first-order valence-corrected chi connectivity index (χ1v) is 7.53. The Kier molecular flexibility index (Phi) is 4.00. The Hall–Kier alpha value is -2.16. The van der Waals surface area contributed by atoms with Crippen LogP contribution in [0.3, 0.4) is 0 Å². The van der Waals surface area contributed by atoms with Gasteiger partial charge < -0.3 is 9.64 Å². The van der Waals surface area contributed by atoms with E-state index in [1.54, 1.807) is 6.20 Å². The van der Waals surface area contributed by atoms with Crippen LogP contribution >= 0.6 is 11.3 Å². The Bertz CT molecular complexity index is 599. The fourth-order valence-electron chi connectivity index (χ4n) is 2.47. The standard InChI is InChI=1S/C12H16N6O2S/c1-20-12-17-16-10(21-12)15-11(19)18-5-3-2-4-9(18)8-6-13-14-7-8/h6-7,9H,2-5H2,1H3,(H,13,14)(H,15,16,19). The molecule has 3 rings (SSSR count). The van der Waals surface area contributed by atoms with E-state index < -0.39 is 0 Å². The summed E-state index contributed by atoms with van der Waals surface area (Å²) < 4.78 is 4.97. The maximum Gasteiger partial charge on any atom is 0.324 e. The molecule has 0 spiro atoms. The zero-order valence-corrected chi connectivity index (χ0v) is 12.4. The zero-order valence-electron chi connectivity index (χ0n) is 11.6. The summed E-state index contributed by atoms with van der Waals surface area (Å²) in [4.78, 5) is 14.3. The van der Waals surface area contributed by atoms with Gasteiger partial charge in [0.05, 0.1) is 19.3 Å². The Labute approximate surface area is 125 Å². The number of urea groups is 1. The van der Waals surface area contributed by atoms with Crippen molar-refractivity contribution in [2.45, 2.75) is 25.3 Å². The Morgan fingerprint density at radius 2 is 2.43 bits per heavy atom. The number of rotatable bonds is 3. The first kappa shape index (κ1) is 13.8. The quantitative estimate of drug-likeness (QED) is 0.904. The number of aromatic amines is 1. The van der Waals surface area contributed by atoms with E-state index in [1.807, 2.05) is 11.1 Å². The zero-order chi connectivity index (χ0) is 14.7. The van der Waals surface area contributed by atoms with Crippen LogP contribution in [0.15, 0.2) is 12.4 Å². The average Bonchev–Trinajstić information content (AvgIpc) is 3.18. The molecule has 8 nitrogen and oxygen atoms in total. The van der Waals surface area contributed by atoms with Crippen molar-refractivity contribution in [2.24, 2.45) is 0 Å². The van der Waals surface area contributed by atoms with Crippen LogP contribution in [0, 0.1) is 0 Å². The van der Waals surface area contributed by atoms with Gasteiger partial charge in [0.2, 0.25) is 5.13 Å². The SMILES string of the molecule is COc1nnc(NC(=O)N2CCCCC2c2cn[nH]c2)s1. The van der Waals surface area contributed by atoms with Crippen LogP contribution in [-0.2, 0) is 0 Å². The topological polar surface area (TPSA) is 96.0 Å². The molecule has 9 heteroatoms. The van der Waals surface area contributed by atoms with Crippen molar-refractivity contribution in [3.63, 3.8) is 0 Å². The lowest BCUT2D eigenvalue weighted by Crippen LogP contribution is -2.41. The number of likely N-dealkylation sites (tertiary alicyclic amines) is 1. The van der Waals surface area contributed by atoms with Gasteiger partial charge in [-0.3, -0.25) is 10.4 Å². The highest BCUT2D eigenvalue weighted by Gasteiger charge is 2.29. The molecule has 3 heterocycles. The van der Waals surface area contributed by atoms with E-state index in [1.165, 1.54) is 18.4 Å². The number of hydrogen-bond donors (Lipinski definition) is 2. The van der Waals surface area contributed by atoms with Crippen LogP contribution in [0.4, 0.5) is 9.93 Å². The lowest BCUT2D eigenvalue weighted by atomic mass is 9.98. The molecule has 2 N–H and O–H groups in total. The van der Waals surface area contributed by atoms with Gasteiger partial charge in [-0.15, -0.1) is 5.10 Å². The molecule has 1 fully saturated rings. The molecule has 21 heavy (non-hydrogen) atoms. The first-order chi connectivity index (χ1) is 10.3. The number of ether oxygens (including phenoxy) is 1. The third-order valence-electron chi connectivity index (χ3n) is 3.46. The van der Waals surface area contributed by atoms with Crippen molar-refractivity contribution in [3.8, 4) is 5.19 Å². The molecule has 1 saturated heterocycles. The second-order valence-electron chi connectivity index (χ2n) is 4.74. The highest BCUT2D eigenvalue weighted by molar-refractivity contribution is 7.17. The number of H-pyrrole nitrogens is 1. The van der Waals surface area contributed by atoms with Crippen LogP contribution in [0.25, 0.3) is 0 Å². The number of aromatic nitrogens is 4. The highest BCUT2D eigenvalue weighted by atomic mass is 32.1. The summed E-state index contributed by atoms with van der Waals surface area (Å²) in [6, 6.07) is -0.118. The number of amides is 2. The van der Waals surface area contributed by atoms with Gasteiger partial charge in [-0.05, 0) is 30.6 Å². The number of carbonyl (C=O) groups is 1. The van der Waals surface area contributed by atoms with Crippen molar-refractivity contribution >= 4 is 22.5 Å². The van der Waals surface area contributed by atoms with E-state index in [9.17, 15) is 4.79 Å². The van der Waals surface area contributed by atoms with Gasteiger partial charge in [0.15, 0.2) is 0 Å². The number of hydrogen-bond acceptors (Lipinski definition) is 6. The highest BCUT2D eigenvalue weighted by Crippen LogP contribution is 2.31. The van der Waals surface area contributed by atoms with Crippen LogP contribution in [0.1, 0.15) is 30.9 Å². The molecule has 0 radical (unpaired) electrons. The van der Waals surface area contributed by atoms with Gasteiger partial charge in [-0.25, -0.2) is 4.79 Å². The molecule has 1 aliphatic heterocycles. The molecule has 2 amide bonds. The summed E-state index contributed by atoms with van der Waals surface area (Å²) in [7, 11) is 1.52. The normalized spacial score (nSPS) is 18.5. The minimum Gasteiger partial charge on any atom is -0.472 e. The molecule has 1 unspecified atom stereocenters. The van der Waals surface area contributed by atoms with E-state index >= 15 is 0 Å². The molecule has 1 atom stereocenters. The summed E-state index contributed by atoms with van der Waals surface area (Å²) in [6.07, 6.45) is 6.65. The van der Waals surface area contributed by atoms with Gasteiger partial charge in [-0.1, -0.05) is 5.10 Å². The van der Waals surface area contributed by atoms with E-state index in [0.717, 1.165) is 31.4 Å². The molecular formula is C12H16N6O2S. The number of methoxy groups -OCH3 is 1. The fourth-order valence-corrected chi connectivity index (χ4v) is 3.02. The largest absolute Gasteiger partial charge is 0.472 e. The molecule has 2 aromatic rings. The van der Waals surface area contributed by atoms with Crippen molar-refractivity contribution in [1.29, 1.82) is 0 Å². The number of piperidine rings is 1. The molecule has 0 aliphatic carbocycles. The van der Waals surface area contributed by atoms with Crippen LogP contribution in [0.5, 0.6) is 5.19 Å². The van der Waals surface area contributed by atoms with Gasteiger partial charge >= 0.3 is 6.03 Å². The first-order valence-electron chi connectivity index (χ1n) is 6.71. The van der Waals surface area contributed by atoms with E-state index in [-0.39, 0.29) is 12.1 Å². The second-order valence-corrected chi connectivity index (χ2v) is 5.68. The maximum absolute atomic E-state index is 12.5. The van der Waals surface area contributed by atoms with Crippen LogP contribution in [0.2, 0.25) is 0 Å². The van der Waals surface area contributed by atoms with Crippen LogP contribution < -0.4 is 10.1 Å². The summed E-state index contributed by atoms with van der Waals surface area (Å²) in [5, 5.41) is 18.1. The van der Waals surface area contributed by atoms with Crippen LogP contribution in [-0.4, -0.2) is 45.0 Å². The van der Waals surface area contributed by atoms with Gasteiger partial charge in [0, 0.05) is 18.3 Å². The summed E-state index contributed by atoms with van der Waals surface area (Å²) in [5.74, 6) is 0. The smallest absolute Gasteiger partial charge is 0.324 e. The van der Waals surface area contributed by atoms with E-state index in [2.05, 4.69) is 25.7 Å². The lowest BCUT2D eigenvalue weighted by Gasteiger charge is -2.34. The Morgan fingerprint density at radius 1 is 1.52 bits per heavy atom. The molecule has 2 aromatic heterocycles. The maximum atomic E-state index is 12.5. The van der Waals surface area contributed by atoms with Crippen molar-refractivity contribution in [1.82, 2.24) is 25.3 Å². The predicted molar refractivity (Wildman–Crippen MR) is 77.4 cm³/mol. The molecule has 0 aromatic carbocycles. The van der Waals surface area contributed by atoms with Crippen molar-refractivity contribution in [3.05, 3.63) is 18.0 Å². The number of carbonyl (C=O) groups excluding carboxylic acids is 1. The fraction of sp³-hybridized carbons (Fsp3) is 0.500. The monoisotopic (exact) mass is 308 g/mol. The molecule has 1 aliphatic rings. The van der Waals surface area contributed by atoms with Gasteiger partial charge in [0.1, 0.15) is 0 Å². The minimum absolute atomic E-state index is 0.0484. The Balaban J connectivity index is 1.72. The van der Waals surface area contributed by atoms with E-state index in [0.29, 0.717) is 10.3 Å². The number of nitrogens with zero attached hydrogens (tertiary/aromatic N) is 4. The van der Waals surface area contributed by atoms with Crippen molar-refractivity contribution < 1.29 is 9.53 Å². The number of nitrogens with one attached hydrogen (secondary N) is 2. The summed E-state index contributed by atoms with van der Waals surface area (Å²) >= 11 is 1.20. The summed E-state index contributed by atoms with van der Waals surface area (Å²) in [5.41, 5.74) is 1.03. The second kappa shape index (κ2) is 6.08. The molecular weight excluding hydrogens is 292 g/mol. The Morgan fingerprint density at radius 3 is 3.14 bits per heavy atom. The molecule has 112 valence electrons.